The van der Waals surface area contributed by atoms with Crippen molar-refractivity contribution in [2.24, 2.45) is 11.8 Å². The fourth-order valence-corrected chi connectivity index (χ4v) is 5.83. The van der Waals surface area contributed by atoms with Crippen molar-refractivity contribution in [2.75, 3.05) is 26.7 Å². The summed E-state index contributed by atoms with van der Waals surface area (Å²) in [7, 11) is -2.23. The summed E-state index contributed by atoms with van der Waals surface area (Å²) in [6, 6.07) is 7.57. The number of aliphatic hydroxyl groups excluding tert-OH is 1. The van der Waals surface area contributed by atoms with Crippen LogP contribution in [0.3, 0.4) is 0 Å². The molecule has 1 aromatic heterocycles. The van der Waals surface area contributed by atoms with Crippen LogP contribution in [0, 0.1) is 23.7 Å². The van der Waals surface area contributed by atoms with Gasteiger partial charge in [-0.1, -0.05) is 18.8 Å². The molecule has 0 radical (unpaired) electrons. The summed E-state index contributed by atoms with van der Waals surface area (Å²) in [5, 5.41) is 9.78. The number of nitrogens with zero attached hydrogens (tertiary/aromatic N) is 3. The summed E-state index contributed by atoms with van der Waals surface area (Å²) in [5.74, 6) is 6.49. The van der Waals surface area contributed by atoms with Crippen LogP contribution in [-0.4, -0.2) is 72.5 Å². The van der Waals surface area contributed by atoms with Gasteiger partial charge in [0.1, 0.15) is 16.7 Å². The number of amides is 1. The second kappa shape index (κ2) is 10.4. The van der Waals surface area contributed by atoms with Gasteiger partial charge in [-0.25, -0.2) is 8.42 Å². The fourth-order valence-electron chi connectivity index (χ4n) is 4.00. The molecule has 0 spiro atoms. The first-order chi connectivity index (χ1) is 16.7. The number of rotatable bonds is 5. The van der Waals surface area contributed by atoms with E-state index in [0.29, 0.717) is 17.0 Å². The minimum atomic E-state index is -3.92. The number of sulfonamides is 1. The molecule has 2 aliphatic rings. The smallest absolute Gasteiger partial charge is 0.253 e. The zero-order valence-electron chi connectivity index (χ0n) is 20.2. The number of aliphatic hydroxyl groups is 1. The van der Waals surface area contributed by atoms with Crippen LogP contribution in [0.25, 0.3) is 0 Å². The lowest BCUT2D eigenvalue weighted by atomic mass is 10.0. The first-order valence-electron chi connectivity index (χ1n) is 11.8. The summed E-state index contributed by atoms with van der Waals surface area (Å²) >= 11 is 0. The number of hydrogen-bond acceptors (Lipinski definition) is 6. The number of carbonyl (C=O) groups excluding carboxylic acids is 1. The Morgan fingerprint density at radius 1 is 1.29 bits per heavy atom. The van der Waals surface area contributed by atoms with E-state index >= 15 is 0 Å². The number of benzene rings is 1. The SMILES string of the molecule is C[C@@H]1CN([C@H](C)CO)S(=O)(=O)c2ccc(C#CC3CC3)cc2O[C@@H]1CN(C)C(=O)c1ccncc1. The first kappa shape index (κ1) is 25.2. The quantitative estimate of drug-likeness (QED) is 0.637. The molecule has 1 fully saturated rings. The summed E-state index contributed by atoms with van der Waals surface area (Å²) in [6.07, 6.45) is 4.83. The maximum Gasteiger partial charge on any atom is 0.253 e. The predicted molar refractivity (Wildman–Crippen MR) is 131 cm³/mol. The van der Waals surface area contributed by atoms with Crippen molar-refractivity contribution >= 4 is 15.9 Å². The summed E-state index contributed by atoms with van der Waals surface area (Å²) < 4.78 is 34.8. The topological polar surface area (TPSA) is 100 Å². The minimum absolute atomic E-state index is 0.0368. The zero-order valence-corrected chi connectivity index (χ0v) is 21.0. The molecule has 1 aromatic carbocycles. The fraction of sp³-hybridized carbons (Fsp3) is 0.462. The molecule has 2 aromatic rings. The molecule has 0 bridgehead atoms. The van der Waals surface area contributed by atoms with Gasteiger partial charge in [-0.05, 0) is 50.1 Å². The Bertz CT molecular complexity index is 1230. The van der Waals surface area contributed by atoms with Gasteiger partial charge in [0.2, 0.25) is 10.0 Å². The van der Waals surface area contributed by atoms with E-state index in [1.165, 1.54) is 10.4 Å². The lowest BCUT2D eigenvalue weighted by molar-refractivity contribution is 0.0563. The molecule has 1 saturated carbocycles. The van der Waals surface area contributed by atoms with Crippen LogP contribution in [-0.2, 0) is 10.0 Å². The number of ether oxygens (including phenoxy) is 1. The van der Waals surface area contributed by atoms with Crippen molar-refractivity contribution in [3.05, 3.63) is 53.9 Å². The zero-order chi connectivity index (χ0) is 25.2. The van der Waals surface area contributed by atoms with Gasteiger partial charge in [0, 0.05) is 55.0 Å². The first-order valence-corrected chi connectivity index (χ1v) is 13.2. The highest BCUT2D eigenvalue weighted by molar-refractivity contribution is 7.89. The van der Waals surface area contributed by atoms with Gasteiger partial charge in [-0.2, -0.15) is 4.31 Å². The van der Waals surface area contributed by atoms with E-state index in [4.69, 9.17) is 4.74 Å². The molecule has 1 aliphatic carbocycles. The van der Waals surface area contributed by atoms with Crippen LogP contribution in [0.5, 0.6) is 5.75 Å². The number of likely N-dealkylation sites (N-methyl/N-ethyl adjacent to an activating group) is 1. The van der Waals surface area contributed by atoms with E-state index < -0.39 is 22.2 Å². The second-order valence-electron chi connectivity index (χ2n) is 9.37. The van der Waals surface area contributed by atoms with Crippen LogP contribution in [0.4, 0.5) is 0 Å². The van der Waals surface area contributed by atoms with E-state index in [2.05, 4.69) is 16.8 Å². The van der Waals surface area contributed by atoms with Crippen molar-refractivity contribution < 1.29 is 23.1 Å². The normalized spacial score (nSPS) is 22.4. The van der Waals surface area contributed by atoms with Crippen LogP contribution in [0.1, 0.15) is 42.6 Å². The van der Waals surface area contributed by atoms with Gasteiger partial charge >= 0.3 is 0 Å². The van der Waals surface area contributed by atoms with Crippen molar-refractivity contribution in [1.29, 1.82) is 0 Å². The molecule has 0 saturated heterocycles. The Kier molecular flexibility index (Phi) is 7.45. The molecule has 9 heteroatoms. The van der Waals surface area contributed by atoms with Gasteiger partial charge in [0.05, 0.1) is 13.2 Å². The number of aromatic nitrogens is 1. The lowest BCUT2D eigenvalue weighted by Crippen LogP contribution is -2.50. The van der Waals surface area contributed by atoms with E-state index in [9.17, 15) is 18.3 Å². The highest BCUT2D eigenvalue weighted by atomic mass is 32.2. The summed E-state index contributed by atoms with van der Waals surface area (Å²) in [5.41, 5.74) is 1.19. The highest BCUT2D eigenvalue weighted by Gasteiger charge is 2.38. The average Bonchev–Trinajstić information content (AvgIpc) is 3.69. The third-order valence-corrected chi connectivity index (χ3v) is 8.41. The third kappa shape index (κ3) is 5.67. The Hall–Kier alpha value is -2.93. The molecule has 8 nitrogen and oxygen atoms in total. The molecule has 1 amide bonds. The molecule has 1 aliphatic heterocycles. The molecule has 0 unspecified atom stereocenters. The molecule has 186 valence electrons. The van der Waals surface area contributed by atoms with Crippen LogP contribution in [0.15, 0.2) is 47.6 Å². The molecule has 3 atom stereocenters. The van der Waals surface area contributed by atoms with E-state index in [1.807, 2.05) is 6.92 Å². The largest absolute Gasteiger partial charge is 0.487 e. The van der Waals surface area contributed by atoms with Gasteiger partial charge in [0.25, 0.3) is 5.91 Å². The predicted octanol–water partition coefficient (Wildman–Crippen LogP) is 2.38. The number of hydrogen-bond donors (Lipinski definition) is 1. The third-order valence-electron chi connectivity index (χ3n) is 6.39. The number of pyridine rings is 1. The van der Waals surface area contributed by atoms with E-state index in [-0.39, 0.29) is 42.2 Å². The molecular weight excluding hydrogens is 466 g/mol. The number of carbonyl (C=O) groups is 1. The Morgan fingerprint density at radius 3 is 2.66 bits per heavy atom. The van der Waals surface area contributed by atoms with Crippen molar-refractivity contribution in [3.63, 3.8) is 0 Å². The Balaban J connectivity index is 1.69. The van der Waals surface area contributed by atoms with Crippen molar-refractivity contribution in [2.45, 2.75) is 43.7 Å². The van der Waals surface area contributed by atoms with Crippen LogP contribution >= 0.6 is 0 Å². The molecule has 2 heterocycles. The van der Waals surface area contributed by atoms with Gasteiger partial charge in [-0.15, -0.1) is 0 Å². The summed E-state index contributed by atoms with van der Waals surface area (Å²) in [6.45, 7) is 3.66. The van der Waals surface area contributed by atoms with Gasteiger partial charge < -0.3 is 14.7 Å². The minimum Gasteiger partial charge on any atom is -0.487 e. The van der Waals surface area contributed by atoms with Gasteiger partial charge in [-0.3, -0.25) is 9.78 Å². The Labute approximate surface area is 207 Å². The van der Waals surface area contributed by atoms with Crippen LogP contribution < -0.4 is 4.74 Å². The number of fused-ring (bicyclic) bond motifs is 1. The maximum atomic E-state index is 13.6. The second-order valence-corrected chi connectivity index (χ2v) is 11.2. The van der Waals surface area contributed by atoms with Crippen molar-refractivity contribution in [3.8, 4) is 17.6 Å². The maximum absolute atomic E-state index is 13.6. The summed E-state index contributed by atoms with van der Waals surface area (Å²) in [4.78, 5) is 18.5. The monoisotopic (exact) mass is 497 g/mol. The van der Waals surface area contributed by atoms with Crippen LogP contribution in [0.2, 0.25) is 0 Å². The molecule has 35 heavy (non-hydrogen) atoms. The van der Waals surface area contributed by atoms with Crippen molar-refractivity contribution in [1.82, 2.24) is 14.2 Å². The average molecular weight is 498 g/mol. The molecule has 4 rings (SSSR count). The highest BCUT2D eigenvalue weighted by Crippen LogP contribution is 2.34. The van der Waals surface area contributed by atoms with Gasteiger partial charge in [0.15, 0.2) is 0 Å². The molecule has 1 N–H and O–H groups in total. The standard InChI is InChI=1S/C26H31N3O5S/c1-18-15-29(19(2)17-30)35(32,33)25-9-8-21(7-6-20-4-5-20)14-23(25)34-24(18)16-28(3)26(31)22-10-12-27-13-11-22/h8-14,18-20,24,30H,4-5,15-17H2,1-3H3/t18-,19-,24-/m1/s1. The molecular formula is C26H31N3O5S. The Morgan fingerprint density at radius 2 is 2.00 bits per heavy atom. The van der Waals surface area contributed by atoms with E-state index in [1.54, 1.807) is 55.5 Å². The van der Waals surface area contributed by atoms with E-state index in [0.717, 1.165) is 12.8 Å². The lowest BCUT2D eigenvalue weighted by Gasteiger charge is -2.37.